The molecule has 0 aliphatic carbocycles. The van der Waals surface area contributed by atoms with Gasteiger partial charge in [-0.05, 0) is 7.05 Å². The first kappa shape index (κ1) is 7.02. The monoisotopic (exact) mass is 156 g/mol. The van der Waals surface area contributed by atoms with E-state index >= 15 is 0 Å². The molecule has 0 radical (unpaired) electrons. The third-order valence-electron chi connectivity index (χ3n) is 2.20. The third-order valence-corrected chi connectivity index (χ3v) is 2.20. The van der Waals surface area contributed by atoms with E-state index in [1.54, 1.807) is 0 Å². The van der Waals surface area contributed by atoms with Gasteiger partial charge in [-0.2, -0.15) is 0 Å². The van der Waals surface area contributed by atoms with Crippen molar-refractivity contribution in [3.05, 3.63) is 0 Å². The van der Waals surface area contributed by atoms with Gasteiger partial charge >= 0.3 is 0 Å². The van der Waals surface area contributed by atoms with Crippen LogP contribution in [0.5, 0.6) is 0 Å². The van der Waals surface area contributed by atoms with E-state index in [1.807, 2.05) is 11.9 Å². The average molecular weight is 156 g/mol. The van der Waals surface area contributed by atoms with Crippen molar-refractivity contribution in [3.63, 3.8) is 0 Å². The average Bonchev–Trinajstić information content (AvgIpc) is 2.34. The molecule has 0 spiro atoms. The largest absolute Gasteiger partial charge is 0.342 e. The number of hydrogen-bond donors (Lipinski definition) is 3. The quantitative estimate of drug-likeness (QED) is 0.374. The van der Waals surface area contributed by atoms with Gasteiger partial charge < -0.3 is 5.32 Å². The summed E-state index contributed by atoms with van der Waals surface area (Å²) in [5.74, 6) is 0.112. The molecular formula is C6H12N4O. The van der Waals surface area contributed by atoms with E-state index < -0.39 is 0 Å². The molecule has 5 nitrogen and oxygen atoms in total. The smallest absolute Gasteiger partial charge is 0.241 e. The van der Waals surface area contributed by atoms with Gasteiger partial charge in [0.25, 0.3) is 0 Å². The van der Waals surface area contributed by atoms with Crippen LogP contribution < -0.4 is 16.0 Å². The summed E-state index contributed by atoms with van der Waals surface area (Å²) < 4.78 is 0. The lowest BCUT2D eigenvalue weighted by Gasteiger charge is -2.28. The molecular weight excluding hydrogens is 144 g/mol. The molecule has 5 heteroatoms. The zero-order valence-electron chi connectivity index (χ0n) is 6.42. The van der Waals surface area contributed by atoms with E-state index in [0.717, 1.165) is 6.67 Å². The summed E-state index contributed by atoms with van der Waals surface area (Å²) in [5.41, 5.74) is 0. The summed E-state index contributed by atoms with van der Waals surface area (Å²) in [5, 5.41) is 9.10. The molecule has 2 unspecified atom stereocenters. The number of likely N-dealkylation sites (N-methyl/N-ethyl adjacent to an activating group) is 1. The summed E-state index contributed by atoms with van der Waals surface area (Å²) in [6.07, 6.45) is 0.133. The number of amides is 1. The maximum atomic E-state index is 11.3. The maximum Gasteiger partial charge on any atom is 0.241 e. The number of nitrogens with zero attached hydrogens (tertiary/aromatic N) is 1. The summed E-state index contributed by atoms with van der Waals surface area (Å²) in [7, 11) is 1.93. The second-order valence-electron chi connectivity index (χ2n) is 2.96. The molecule has 2 fully saturated rings. The molecule has 2 rings (SSSR count). The van der Waals surface area contributed by atoms with Gasteiger partial charge in [0.05, 0.1) is 12.8 Å². The summed E-state index contributed by atoms with van der Waals surface area (Å²) in [6.45, 7) is 1.34. The Morgan fingerprint density at radius 2 is 2.36 bits per heavy atom. The van der Waals surface area contributed by atoms with Gasteiger partial charge in [0.15, 0.2) is 0 Å². The summed E-state index contributed by atoms with van der Waals surface area (Å²) in [6, 6.07) is -0.0382. The minimum Gasteiger partial charge on any atom is -0.342 e. The molecule has 2 heterocycles. The van der Waals surface area contributed by atoms with Crippen LogP contribution in [0.3, 0.4) is 0 Å². The zero-order chi connectivity index (χ0) is 7.84. The molecule has 2 atom stereocenters. The van der Waals surface area contributed by atoms with E-state index in [1.165, 1.54) is 0 Å². The van der Waals surface area contributed by atoms with Crippen LogP contribution in [-0.4, -0.2) is 43.4 Å². The number of carbonyl (C=O) groups excluding carboxylic acids is 1. The van der Waals surface area contributed by atoms with Crippen molar-refractivity contribution in [3.8, 4) is 0 Å². The molecule has 11 heavy (non-hydrogen) atoms. The summed E-state index contributed by atoms with van der Waals surface area (Å²) >= 11 is 0. The van der Waals surface area contributed by atoms with Gasteiger partial charge in [-0.3, -0.25) is 20.3 Å². The number of hydrogen-bond acceptors (Lipinski definition) is 4. The highest BCUT2D eigenvalue weighted by Gasteiger charge is 2.38. The van der Waals surface area contributed by atoms with Crippen molar-refractivity contribution in [1.29, 1.82) is 0 Å². The summed E-state index contributed by atoms with van der Waals surface area (Å²) in [4.78, 5) is 13.2. The maximum absolute atomic E-state index is 11.3. The van der Waals surface area contributed by atoms with Crippen LogP contribution in [0.15, 0.2) is 0 Å². The van der Waals surface area contributed by atoms with Crippen LogP contribution in [-0.2, 0) is 4.79 Å². The van der Waals surface area contributed by atoms with Gasteiger partial charge in [0.2, 0.25) is 5.91 Å². The Kier molecular flexibility index (Phi) is 1.56. The number of carbonyl (C=O) groups is 1. The Bertz CT molecular complexity index is 181. The fraction of sp³-hybridized carbons (Fsp3) is 0.833. The van der Waals surface area contributed by atoms with Crippen molar-refractivity contribution in [2.75, 3.05) is 20.4 Å². The second-order valence-corrected chi connectivity index (χ2v) is 2.96. The Labute approximate surface area is 65.1 Å². The van der Waals surface area contributed by atoms with Crippen molar-refractivity contribution in [2.24, 2.45) is 0 Å². The first-order valence-electron chi connectivity index (χ1n) is 3.74. The molecule has 1 amide bonds. The minimum absolute atomic E-state index is 0.0382. The first-order valence-corrected chi connectivity index (χ1v) is 3.74. The van der Waals surface area contributed by atoms with Crippen molar-refractivity contribution < 1.29 is 4.79 Å². The van der Waals surface area contributed by atoms with Crippen LogP contribution in [0, 0.1) is 0 Å². The minimum atomic E-state index is -0.0382. The second kappa shape index (κ2) is 2.44. The predicted molar refractivity (Wildman–Crippen MR) is 39.5 cm³/mol. The fourth-order valence-electron chi connectivity index (χ4n) is 1.59. The van der Waals surface area contributed by atoms with E-state index in [4.69, 9.17) is 0 Å². The Hall–Kier alpha value is -0.650. The van der Waals surface area contributed by atoms with E-state index in [9.17, 15) is 4.79 Å². The van der Waals surface area contributed by atoms with Gasteiger partial charge in [-0.15, -0.1) is 0 Å². The van der Waals surface area contributed by atoms with Crippen LogP contribution in [0.25, 0.3) is 0 Å². The lowest BCUT2D eigenvalue weighted by atomic mass is 10.2. The Balaban J connectivity index is 2.14. The lowest BCUT2D eigenvalue weighted by Crippen LogP contribution is -2.61. The molecule has 2 aliphatic rings. The Morgan fingerprint density at radius 3 is 3.09 bits per heavy atom. The molecule has 0 saturated carbocycles. The topological polar surface area (TPSA) is 56.4 Å². The zero-order valence-corrected chi connectivity index (χ0v) is 6.42. The van der Waals surface area contributed by atoms with Crippen LogP contribution in [0.2, 0.25) is 0 Å². The third kappa shape index (κ3) is 1.01. The predicted octanol–water partition coefficient (Wildman–Crippen LogP) is -2.15. The first-order chi connectivity index (χ1) is 5.29. The van der Waals surface area contributed by atoms with Gasteiger partial charge in [-0.1, -0.05) is 0 Å². The Morgan fingerprint density at radius 1 is 1.55 bits per heavy atom. The van der Waals surface area contributed by atoms with Crippen molar-refractivity contribution >= 4 is 5.91 Å². The van der Waals surface area contributed by atoms with E-state index in [2.05, 4.69) is 16.0 Å². The highest BCUT2D eigenvalue weighted by Crippen LogP contribution is 2.08. The van der Waals surface area contributed by atoms with Gasteiger partial charge in [0, 0.05) is 6.67 Å². The van der Waals surface area contributed by atoms with Crippen LogP contribution >= 0.6 is 0 Å². The number of nitrogens with one attached hydrogen (secondary N) is 3. The number of rotatable bonds is 0. The normalized spacial score (nSPS) is 38.5. The molecule has 2 aliphatic heterocycles. The van der Waals surface area contributed by atoms with E-state index in [0.29, 0.717) is 6.67 Å². The highest BCUT2D eigenvalue weighted by molar-refractivity contribution is 5.83. The molecule has 2 saturated heterocycles. The van der Waals surface area contributed by atoms with Gasteiger partial charge in [0.1, 0.15) is 6.04 Å². The van der Waals surface area contributed by atoms with Crippen LogP contribution in [0.4, 0.5) is 0 Å². The highest BCUT2D eigenvalue weighted by atomic mass is 16.2. The number of fused-ring (bicyclic) bond motifs is 1. The molecule has 0 aromatic carbocycles. The van der Waals surface area contributed by atoms with Gasteiger partial charge in [-0.25, -0.2) is 0 Å². The SMILES string of the molecule is CN1CNC2NCNC(=O)C21. The molecule has 3 N–H and O–H groups in total. The van der Waals surface area contributed by atoms with E-state index in [-0.39, 0.29) is 18.1 Å². The fourth-order valence-corrected chi connectivity index (χ4v) is 1.59. The molecule has 0 aromatic rings. The van der Waals surface area contributed by atoms with Crippen molar-refractivity contribution in [1.82, 2.24) is 20.9 Å². The lowest BCUT2D eigenvalue weighted by molar-refractivity contribution is -0.127. The molecule has 62 valence electrons. The van der Waals surface area contributed by atoms with Crippen LogP contribution in [0.1, 0.15) is 0 Å². The molecule has 0 bridgehead atoms. The standard InChI is InChI=1S/C6H12N4O/c1-10-3-9-5-4(10)6(11)8-2-7-5/h4-5,7,9H,2-3H2,1H3,(H,8,11). The van der Waals surface area contributed by atoms with Crippen molar-refractivity contribution in [2.45, 2.75) is 12.2 Å². The molecule has 0 aromatic heterocycles.